The van der Waals surface area contributed by atoms with Crippen LogP contribution in [0.15, 0.2) is 23.4 Å². The van der Waals surface area contributed by atoms with Gasteiger partial charge in [0, 0.05) is 11.8 Å². The first kappa shape index (κ1) is 20.6. The molecule has 0 bridgehead atoms. The Morgan fingerprint density at radius 2 is 1.73 bits per heavy atom. The first-order chi connectivity index (χ1) is 11.7. The molecule has 1 aliphatic rings. The first-order valence-electron chi connectivity index (χ1n) is 6.85. The quantitative estimate of drug-likeness (QED) is 0.601. The smallest absolute Gasteiger partial charge is 0.389 e. The standard InChI is InChI=1S/C13H13F5N2O4S2/c1-12(2)6-11(19-24-12)25(21,20-26(22,23)13(16,17)18)7-8-9(14)4-3-5-10(8)15/h3-5,7H,6H2,1-2H3,(H,20,21). The monoisotopic (exact) mass is 420 g/mol. The van der Waals surface area contributed by atoms with Gasteiger partial charge in [-0.2, -0.15) is 13.2 Å². The lowest BCUT2D eigenvalue weighted by Crippen LogP contribution is -2.44. The van der Waals surface area contributed by atoms with Gasteiger partial charge in [0.15, 0.2) is 5.04 Å². The summed E-state index contributed by atoms with van der Waals surface area (Å²) in [7, 11) is -10.6. The molecule has 26 heavy (non-hydrogen) atoms. The molecule has 0 aliphatic carbocycles. The van der Waals surface area contributed by atoms with Gasteiger partial charge in [-0.25, -0.2) is 21.4 Å². The lowest BCUT2D eigenvalue weighted by Gasteiger charge is -2.16. The van der Waals surface area contributed by atoms with Crippen LogP contribution in [0.4, 0.5) is 22.0 Å². The summed E-state index contributed by atoms with van der Waals surface area (Å²) >= 11 is 0. The van der Waals surface area contributed by atoms with Crippen LogP contribution in [0.2, 0.25) is 0 Å². The molecule has 1 aromatic carbocycles. The zero-order valence-electron chi connectivity index (χ0n) is 13.3. The second kappa shape index (κ2) is 6.46. The van der Waals surface area contributed by atoms with E-state index >= 15 is 0 Å². The van der Waals surface area contributed by atoms with Gasteiger partial charge in [0.1, 0.15) is 17.2 Å². The highest BCUT2D eigenvalue weighted by molar-refractivity contribution is 8.20. The SMILES string of the molecule is CC1(C)CC(S(=O)(=Cc2c(F)cccc2F)NS(=O)(=O)C(F)(F)F)=NO1. The van der Waals surface area contributed by atoms with E-state index in [4.69, 9.17) is 4.84 Å². The van der Waals surface area contributed by atoms with Crippen molar-refractivity contribution in [3.05, 3.63) is 35.4 Å². The molecule has 1 aromatic rings. The third-order valence-electron chi connectivity index (χ3n) is 3.14. The van der Waals surface area contributed by atoms with Crippen molar-refractivity contribution in [2.45, 2.75) is 31.4 Å². The molecular weight excluding hydrogens is 407 g/mol. The Hall–Kier alpha value is -1.73. The number of halogens is 5. The maximum atomic E-state index is 13.8. The summed E-state index contributed by atoms with van der Waals surface area (Å²) in [5, 5.41) is 2.97. The Kier molecular flexibility index (Phi) is 5.11. The minimum absolute atomic E-state index is 0.241. The largest absolute Gasteiger partial charge is 0.512 e. The molecule has 0 saturated carbocycles. The number of hydrogen-bond acceptors (Lipinski definition) is 5. The summed E-state index contributed by atoms with van der Waals surface area (Å²) < 4.78 is 103. The molecule has 146 valence electrons. The molecule has 1 heterocycles. The Labute approximate surface area is 146 Å². The number of rotatable bonds is 3. The van der Waals surface area contributed by atoms with Crippen LogP contribution in [0, 0.1) is 11.6 Å². The van der Waals surface area contributed by atoms with E-state index in [0.717, 1.165) is 22.3 Å². The van der Waals surface area contributed by atoms with E-state index in [1.807, 2.05) is 0 Å². The van der Waals surface area contributed by atoms with Gasteiger partial charge in [-0.15, -0.1) is 4.13 Å². The highest BCUT2D eigenvalue weighted by atomic mass is 32.3. The molecule has 0 saturated heterocycles. The van der Waals surface area contributed by atoms with Crippen molar-refractivity contribution in [1.29, 1.82) is 0 Å². The van der Waals surface area contributed by atoms with Crippen molar-refractivity contribution in [1.82, 2.24) is 4.13 Å². The molecule has 2 rings (SSSR count). The number of alkyl halides is 3. The van der Waals surface area contributed by atoms with Crippen molar-refractivity contribution in [2.24, 2.45) is 5.16 Å². The zero-order chi connectivity index (χ0) is 20.0. The van der Waals surface area contributed by atoms with Crippen molar-refractivity contribution >= 4 is 30.1 Å². The van der Waals surface area contributed by atoms with Crippen molar-refractivity contribution in [3.8, 4) is 0 Å². The van der Waals surface area contributed by atoms with Gasteiger partial charge in [-0.05, 0) is 26.0 Å². The fraction of sp³-hybridized carbons (Fsp3) is 0.385. The Bertz CT molecular complexity index is 956. The second-order valence-corrected chi connectivity index (χ2v) is 9.94. The van der Waals surface area contributed by atoms with Crippen molar-refractivity contribution in [2.75, 3.05) is 0 Å². The third kappa shape index (κ3) is 4.15. The van der Waals surface area contributed by atoms with Gasteiger partial charge in [0.05, 0.1) is 15.3 Å². The van der Waals surface area contributed by atoms with E-state index < -0.39 is 53.1 Å². The average Bonchev–Trinajstić information content (AvgIpc) is 2.82. The van der Waals surface area contributed by atoms with Crippen LogP contribution in [-0.4, -0.2) is 34.1 Å². The molecule has 1 atom stereocenters. The Morgan fingerprint density at radius 3 is 2.15 bits per heavy atom. The molecule has 13 heteroatoms. The second-order valence-electron chi connectivity index (χ2n) is 5.90. The van der Waals surface area contributed by atoms with Gasteiger partial charge in [0.25, 0.3) is 0 Å². The third-order valence-corrected chi connectivity index (χ3v) is 7.11. The van der Waals surface area contributed by atoms with Gasteiger partial charge in [-0.1, -0.05) is 11.2 Å². The van der Waals surface area contributed by atoms with E-state index in [1.165, 1.54) is 13.8 Å². The van der Waals surface area contributed by atoms with Crippen LogP contribution in [-0.2, 0) is 24.6 Å². The summed E-state index contributed by atoms with van der Waals surface area (Å²) in [6.07, 6.45) is -0.335. The topological polar surface area (TPSA) is 84.8 Å². The maximum Gasteiger partial charge on any atom is 0.512 e. The van der Waals surface area contributed by atoms with Gasteiger partial charge in [0.2, 0.25) is 0 Å². The zero-order valence-corrected chi connectivity index (χ0v) is 14.9. The molecule has 1 unspecified atom stereocenters. The number of nitrogens with zero attached hydrogens (tertiary/aromatic N) is 1. The number of sulfonamides is 1. The van der Waals surface area contributed by atoms with Crippen LogP contribution < -0.4 is 4.13 Å². The lowest BCUT2D eigenvalue weighted by atomic mass is 10.1. The number of hydrogen-bond donors (Lipinski definition) is 1. The highest BCUT2D eigenvalue weighted by Crippen LogP contribution is 2.28. The molecule has 0 amide bonds. The van der Waals surface area contributed by atoms with Gasteiger partial charge >= 0.3 is 15.5 Å². The van der Waals surface area contributed by atoms with Crippen LogP contribution in [0.25, 0.3) is 0 Å². The van der Waals surface area contributed by atoms with Crippen molar-refractivity contribution in [3.63, 3.8) is 0 Å². The predicted octanol–water partition coefficient (Wildman–Crippen LogP) is 2.27. The molecule has 0 aromatic heterocycles. The Balaban J connectivity index is 2.69. The van der Waals surface area contributed by atoms with E-state index in [2.05, 4.69) is 5.16 Å². The van der Waals surface area contributed by atoms with E-state index in [0.29, 0.717) is 0 Å². The highest BCUT2D eigenvalue weighted by Gasteiger charge is 2.49. The fourth-order valence-electron chi connectivity index (χ4n) is 1.91. The van der Waals surface area contributed by atoms with Gasteiger partial charge in [-0.3, -0.25) is 0 Å². The minimum Gasteiger partial charge on any atom is -0.389 e. The lowest BCUT2D eigenvalue weighted by molar-refractivity contribution is -0.0440. The summed E-state index contributed by atoms with van der Waals surface area (Å²) in [5.74, 6) is -2.49. The van der Waals surface area contributed by atoms with E-state index in [-0.39, 0.29) is 11.8 Å². The maximum absolute atomic E-state index is 13.8. The molecule has 0 radical (unpaired) electrons. The first-order valence-corrected chi connectivity index (χ1v) is 9.95. The normalized spacial score (nSPS) is 19.4. The van der Waals surface area contributed by atoms with E-state index in [1.54, 1.807) is 0 Å². The molecule has 0 fully saturated rings. The van der Waals surface area contributed by atoms with Crippen LogP contribution in [0.1, 0.15) is 25.8 Å². The summed E-state index contributed by atoms with van der Waals surface area (Å²) in [4.78, 5) is 4.88. The van der Waals surface area contributed by atoms with Crippen LogP contribution in [0.5, 0.6) is 0 Å². The summed E-state index contributed by atoms with van der Waals surface area (Å²) in [6, 6.07) is 2.51. The average molecular weight is 420 g/mol. The number of oxime groups is 1. The summed E-state index contributed by atoms with van der Waals surface area (Å²) in [6.45, 7) is 2.90. The number of benzene rings is 1. The van der Waals surface area contributed by atoms with Gasteiger partial charge < -0.3 is 4.84 Å². The molecule has 1 N–H and O–H groups in total. The Morgan fingerprint density at radius 1 is 1.19 bits per heavy atom. The van der Waals surface area contributed by atoms with Crippen LogP contribution in [0.3, 0.4) is 0 Å². The predicted molar refractivity (Wildman–Crippen MR) is 85.0 cm³/mol. The molecule has 1 aliphatic heterocycles. The van der Waals surface area contributed by atoms with Crippen LogP contribution >= 0.6 is 0 Å². The number of nitrogens with one attached hydrogen (secondary N) is 1. The minimum atomic E-state index is -6.11. The van der Waals surface area contributed by atoms with Crippen molar-refractivity contribution < 1.29 is 39.4 Å². The van der Waals surface area contributed by atoms with E-state index in [9.17, 15) is 34.6 Å². The fourth-order valence-corrected chi connectivity index (χ4v) is 5.57. The molecule has 6 nitrogen and oxygen atoms in total. The molecular formula is C13H13F5N2O4S2. The summed E-state index contributed by atoms with van der Waals surface area (Å²) in [5.41, 5.74) is -7.86. The molecule has 0 spiro atoms.